The van der Waals surface area contributed by atoms with E-state index in [1.165, 1.54) is 35.1 Å². The van der Waals surface area contributed by atoms with Crippen LogP contribution in [0.5, 0.6) is 34.5 Å². The number of unbranched alkanes of at least 4 members (excludes halogenated alkanes) is 7. The van der Waals surface area contributed by atoms with Crippen molar-refractivity contribution in [3.63, 3.8) is 0 Å². The molecule has 0 aliphatic heterocycles. The van der Waals surface area contributed by atoms with Gasteiger partial charge in [0.05, 0.1) is 17.1 Å². The summed E-state index contributed by atoms with van der Waals surface area (Å²) in [6.07, 6.45) is 7.93. The van der Waals surface area contributed by atoms with Crippen LogP contribution in [0, 0.1) is 0 Å². The second-order valence-electron chi connectivity index (χ2n) is 16.0. The second kappa shape index (κ2) is 31.9. The Morgan fingerprint density at radius 2 is 1.06 bits per heavy atom. The van der Waals surface area contributed by atoms with E-state index in [1.807, 2.05) is 0 Å². The first-order valence-electron chi connectivity index (χ1n) is 21.8. The molecule has 0 radical (unpaired) electrons. The van der Waals surface area contributed by atoms with Gasteiger partial charge < -0.3 is 52.8 Å². The van der Waals surface area contributed by atoms with Crippen molar-refractivity contribution in [3.8, 4) is 57.2 Å². The second-order valence-corrected chi connectivity index (χ2v) is 20.9. The molecule has 81 heavy (non-hydrogen) atoms. The van der Waals surface area contributed by atoms with E-state index in [2.05, 4.69) is 31.2 Å². The van der Waals surface area contributed by atoms with Gasteiger partial charge in [0.15, 0.2) is 17.3 Å². The van der Waals surface area contributed by atoms with Crippen LogP contribution in [-0.4, -0.2) is 89.4 Å². The van der Waals surface area contributed by atoms with Crippen LogP contribution in [0.15, 0.2) is 99.1 Å². The van der Waals surface area contributed by atoms with Crippen molar-refractivity contribution in [1.29, 1.82) is 0 Å². The molecule has 0 atom stereocenters. The Hall–Kier alpha value is -2.28. The number of ether oxygens (including phenoxy) is 1. The van der Waals surface area contributed by atoms with Crippen LogP contribution in [0.2, 0.25) is 0 Å². The summed E-state index contributed by atoms with van der Waals surface area (Å²) in [7, 11) is -27.8. The predicted octanol–water partition coefficient (Wildman–Crippen LogP) is -12.0. The molecular formula is C42H36N5Na5O24S5. The van der Waals surface area contributed by atoms with E-state index in [0.29, 0.717) is 78.6 Å². The topological polar surface area (TPSA) is 437 Å². The molecule has 39 heteroatoms. The zero-order chi connectivity index (χ0) is 55.2. The summed E-state index contributed by atoms with van der Waals surface area (Å²) in [6, 6.07) is 15.3. The average molecular weight is 1270 g/mol. The summed E-state index contributed by atoms with van der Waals surface area (Å²) in [4.78, 5) is 32.2. The van der Waals surface area contributed by atoms with Gasteiger partial charge in [-0.3, -0.25) is 18.8 Å². The summed E-state index contributed by atoms with van der Waals surface area (Å²) in [5, 5.41) is 7.68. The van der Waals surface area contributed by atoms with Gasteiger partial charge in [-0.25, -0.2) is 47.1 Å². The van der Waals surface area contributed by atoms with E-state index in [-0.39, 0.29) is 165 Å². The van der Waals surface area contributed by atoms with Gasteiger partial charge >= 0.3 is 148 Å². The van der Waals surface area contributed by atoms with Crippen LogP contribution in [0.25, 0.3) is 44.6 Å². The molecular weight excluding hydrogens is 1230 g/mol. The fourth-order valence-electron chi connectivity index (χ4n) is 7.54. The molecule has 7 aromatic rings. The molecule has 3 aromatic heterocycles. The van der Waals surface area contributed by atoms with Crippen molar-refractivity contribution in [2.24, 2.45) is 0 Å². The minimum Gasteiger partial charge on any atom is -0.716 e. The molecule has 0 N–H and O–H groups in total. The first-order valence-corrected chi connectivity index (χ1v) is 28.4. The van der Waals surface area contributed by atoms with Crippen molar-refractivity contribution < 1.29 is 243 Å². The molecule has 0 saturated heterocycles. The number of fused-ring (bicyclic) bond motifs is 2. The predicted molar refractivity (Wildman–Crippen MR) is 252 cm³/mol. The van der Waals surface area contributed by atoms with Crippen molar-refractivity contribution in [2.75, 3.05) is 0 Å². The Labute approximate surface area is 573 Å². The van der Waals surface area contributed by atoms with Crippen molar-refractivity contribution >= 4 is 73.9 Å². The fraction of sp³-hybridized carbons (Fsp3) is 0.262. The SMILES string of the molecule is O=c1c(OS(=O)(=O)[O-])c(-c2ccc(OS(=O)(=O)[O-])c(OS(=O)(=O)[O-])c2)oc2cc(OS(=O)(=O)[O-])cc(OCc3cn(CCCCCCCCCCn4c(-c5ccc(OS(=O)(=O)[O-])cc5)nc5ccccc5c4=O)nn3)c12.[Na+].[Na+].[Na+].[Na+].[Na+]. The molecule has 0 amide bonds. The van der Waals surface area contributed by atoms with E-state index in [4.69, 9.17) is 14.1 Å². The van der Waals surface area contributed by atoms with Gasteiger partial charge in [0.1, 0.15) is 46.3 Å². The molecule has 3 heterocycles. The smallest absolute Gasteiger partial charge is 0.716 e. The number of hydrogen-bond acceptors (Lipinski definition) is 27. The minimum absolute atomic E-state index is 0. The third-order valence-corrected chi connectivity index (χ3v) is 12.4. The average Bonchev–Trinajstić information content (AvgIpc) is 3.76. The standard InChI is InChI=1S/C42H41N5O24S5.5Na/c48-38-37-35(22-30(68-73(53,54)55)23-36(37)66-39(40(38)71-76(62,63)64)27-15-18-33(69-74(56,57)58)34(21-27)70-75(59,60)61)65-25-28-24-46(45-44-28)19-9-5-3-1-2-4-6-10-20-47-41(43-32-12-8-7-11-31(32)42(47)49)26-13-16-29(17-14-26)67-72(50,51)52;;;;;/h7-8,11-18,21-24H,1-6,9-10,19-20,25H2,(H,50,51,52)(H,53,54,55)(H,56,57,58)(H,59,60,61)(H,62,63,64);;;;;/q;5*+1/p-5. The van der Waals surface area contributed by atoms with Gasteiger partial charge in [0.2, 0.25) is 11.2 Å². The molecule has 0 fully saturated rings. The number of benzene rings is 4. The summed E-state index contributed by atoms with van der Waals surface area (Å²) in [5.74, 6) is -6.48. The van der Waals surface area contributed by atoms with Gasteiger partial charge in [-0.05, 0) is 67.4 Å². The monoisotopic (exact) mass is 1270 g/mol. The molecule has 0 saturated carbocycles. The normalized spacial score (nSPS) is 11.7. The summed E-state index contributed by atoms with van der Waals surface area (Å²) in [5.41, 5.74) is -2.19. The Morgan fingerprint density at radius 3 is 1.65 bits per heavy atom. The largest absolute Gasteiger partial charge is 1.00 e. The molecule has 4 aromatic carbocycles. The van der Waals surface area contributed by atoms with E-state index < -0.39 is 115 Å². The number of hydrogen-bond donors (Lipinski definition) is 0. The summed E-state index contributed by atoms with van der Waals surface area (Å²) >= 11 is 0. The van der Waals surface area contributed by atoms with Crippen molar-refractivity contribution in [3.05, 3.63) is 111 Å². The van der Waals surface area contributed by atoms with Crippen LogP contribution < -0.4 is 184 Å². The molecule has 0 spiro atoms. The summed E-state index contributed by atoms with van der Waals surface area (Å²) in [6.45, 7) is 0.213. The minimum atomic E-state index is -5.88. The molecule has 0 aliphatic carbocycles. The van der Waals surface area contributed by atoms with E-state index in [1.54, 1.807) is 28.8 Å². The molecule has 0 bridgehead atoms. The van der Waals surface area contributed by atoms with Gasteiger partial charge in [-0.15, -0.1) is 5.10 Å². The van der Waals surface area contributed by atoms with E-state index in [9.17, 15) is 74.4 Å². The van der Waals surface area contributed by atoms with Crippen LogP contribution in [-0.2, 0) is 71.7 Å². The Balaban J connectivity index is 0.00000448. The molecule has 29 nitrogen and oxygen atoms in total. The third-order valence-electron chi connectivity index (χ3n) is 10.5. The zero-order valence-corrected chi connectivity index (χ0v) is 57.5. The maximum atomic E-state index is 14.0. The Morgan fingerprint density at radius 1 is 0.531 bits per heavy atom. The molecule has 0 aliphatic rings. The van der Waals surface area contributed by atoms with Gasteiger partial charge in [0, 0.05) is 36.3 Å². The third kappa shape index (κ3) is 22.8. The zero-order valence-electron chi connectivity index (χ0n) is 43.4. The summed E-state index contributed by atoms with van der Waals surface area (Å²) < 4.78 is 207. The number of para-hydroxylation sites is 1. The van der Waals surface area contributed by atoms with Crippen molar-refractivity contribution in [2.45, 2.75) is 71.1 Å². The first kappa shape index (κ1) is 74.8. The van der Waals surface area contributed by atoms with Crippen LogP contribution >= 0.6 is 0 Å². The number of aryl methyl sites for hydroxylation is 1. The van der Waals surface area contributed by atoms with Crippen LogP contribution in [0.1, 0.15) is 57.1 Å². The number of nitrogens with zero attached hydrogens (tertiary/aromatic N) is 5. The maximum absolute atomic E-state index is 14.0. The number of aromatic nitrogens is 5. The first-order chi connectivity index (χ1) is 35.6. The fourth-order valence-corrected chi connectivity index (χ4v) is 9.28. The maximum Gasteiger partial charge on any atom is 1.00 e. The van der Waals surface area contributed by atoms with Gasteiger partial charge in [0.25, 0.3) is 57.6 Å². The number of rotatable bonds is 26. The molecule has 0 unspecified atom stereocenters. The van der Waals surface area contributed by atoms with Crippen LogP contribution in [0.3, 0.4) is 0 Å². The molecule has 408 valence electrons. The van der Waals surface area contributed by atoms with Gasteiger partial charge in [-0.1, -0.05) is 55.9 Å². The Bertz CT molecular complexity index is 4040. The van der Waals surface area contributed by atoms with Crippen molar-refractivity contribution in [1.82, 2.24) is 24.5 Å². The Kier molecular flexibility index (Phi) is 29.5. The van der Waals surface area contributed by atoms with E-state index in [0.717, 1.165) is 38.5 Å². The van der Waals surface area contributed by atoms with E-state index >= 15 is 0 Å². The quantitative estimate of drug-likeness (QED) is 0.0210. The van der Waals surface area contributed by atoms with Gasteiger partial charge in [-0.2, -0.15) is 0 Å². The van der Waals surface area contributed by atoms with Crippen LogP contribution in [0.4, 0.5) is 0 Å². The molecule has 7 rings (SSSR count).